The maximum atomic E-state index is 12.6. The highest BCUT2D eigenvalue weighted by Crippen LogP contribution is 2.30. The van der Waals surface area contributed by atoms with Crippen molar-refractivity contribution in [3.63, 3.8) is 0 Å². The maximum absolute atomic E-state index is 12.6. The molecule has 8 nitrogen and oxygen atoms in total. The molecule has 0 aliphatic heterocycles. The highest BCUT2D eigenvalue weighted by Gasteiger charge is 2.38. The summed E-state index contributed by atoms with van der Waals surface area (Å²) in [6.45, 7) is 3.77. The number of aliphatic carboxylic acids is 1. The fraction of sp³-hybridized carbons (Fsp3) is 0.417. The standard InChI is InChI=1S/C12H16N2O6S/c1-12(2,3)13(8-11(15)16)21(19,20)10-7-5-4-6-9(10)14(17)18/h4-7H,8H2,1-3H3,(H,15,16). The average molecular weight is 316 g/mol. The number of nitro benzene ring substituents is 1. The first-order valence-electron chi connectivity index (χ1n) is 5.96. The van der Waals surface area contributed by atoms with E-state index in [4.69, 9.17) is 5.11 Å². The van der Waals surface area contributed by atoms with Crippen molar-refractivity contribution >= 4 is 21.7 Å². The molecule has 21 heavy (non-hydrogen) atoms. The molecule has 0 amide bonds. The summed E-state index contributed by atoms with van der Waals surface area (Å²) in [6, 6.07) is 4.85. The number of carboxylic acids is 1. The van der Waals surface area contributed by atoms with Crippen molar-refractivity contribution in [2.75, 3.05) is 6.54 Å². The smallest absolute Gasteiger partial charge is 0.318 e. The molecule has 116 valence electrons. The van der Waals surface area contributed by atoms with Crippen LogP contribution in [-0.4, -0.2) is 40.8 Å². The summed E-state index contributed by atoms with van der Waals surface area (Å²) >= 11 is 0. The Morgan fingerprint density at radius 3 is 2.29 bits per heavy atom. The molecular formula is C12H16N2O6S. The van der Waals surface area contributed by atoms with Crippen LogP contribution in [0.3, 0.4) is 0 Å². The van der Waals surface area contributed by atoms with E-state index < -0.39 is 43.6 Å². The molecule has 0 aromatic heterocycles. The summed E-state index contributed by atoms with van der Waals surface area (Å²) < 4.78 is 25.9. The zero-order chi connectivity index (χ0) is 16.4. The number of nitrogens with zero attached hydrogens (tertiary/aromatic N) is 2. The second-order valence-electron chi connectivity index (χ2n) is 5.30. The van der Waals surface area contributed by atoms with Crippen LogP contribution < -0.4 is 0 Å². The molecule has 0 bridgehead atoms. The first-order valence-corrected chi connectivity index (χ1v) is 7.40. The lowest BCUT2D eigenvalue weighted by Crippen LogP contribution is -2.48. The fourth-order valence-electron chi connectivity index (χ4n) is 1.75. The van der Waals surface area contributed by atoms with Crippen molar-refractivity contribution in [3.8, 4) is 0 Å². The highest BCUT2D eigenvalue weighted by molar-refractivity contribution is 7.89. The predicted molar refractivity (Wildman–Crippen MR) is 74.4 cm³/mol. The van der Waals surface area contributed by atoms with Crippen LogP contribution in [0.2, 0.25) is 0 Å². The third-order valence-corrected chi connectivity index (χ3v) is 4.82. The second-order valence-corrected chi connectivity index (χ2v) is 7.13. The van der Waals surface area contributed by atoms with Crippen LogP contribution in [0.15, 0.2) is 29.2 Å². The van der Waals surface area contributed by atoms with Gasteiger partial charge in [0.1, 0.15) is 6.54 Å². The third-order valence-electron chi connectivity index (χ3n) is 2.66. The van der Waals surface area contributed by atoms with E-state index in [0.717, 1.165) is 16.4 Å². The van der Waals surface area contributed by atoms with E-state index >= 15 is 0 Å². The van der Waals surface area contributed by atoms with Crippen molar-refractivity contribution in [1.82, 2.24) is 4.31 Å². The largest absolute Gasteiger partial charge is 0.480 e. The number of rotatable bonds is 5. The molecule has 1 aromatic carbocycles. The Morgan fingerprint density at radius 1 is 1.33 bits per heavy atom. The summed E-state index contributed by atoms with van der Waals surface area (Å²) in [4.78, 5) is 20.5. The maximum Gasteiger partial charge on any atom is 0.318 e. The SMILES string of the molecule is CC(C)(C)N(CC(=O)O)S(=O)(=O)c1ccccc1[N+](=O)[O-]. The minimum Gasteiger partial charge on any atom is -0.480 e. The van der Waals surface area contributed by atoms with Crippen molar-refractivity contribution < 1.29 is 23.2 Å². The average Bonchev–Trinajstić information content (AvgIpc) is 2.34. The summed E-state index contributed by atoms with van der Waals surface area (Å²) in [5.74, 6) is -1.34. The number of sulfonamides is 1. The molecule has 0 saturated heterocycles. The van der Waals surface area contributed by atoms with Gasteiger partial charge in [0.15, 0.2) is 4.90 Å². The van der Waals surface area contributed by atoms with Gasteiger partial charge in [0.25, 0.3) is 15.7 Å². The summed E-state index contributed by atoms with van der Waals surface area (Å²) in [5, 5.41) is 19.9. The molecule has 0 radical (unpaired) electrons. The van der Waals surface area contributed by atoms with E-state index in [1.165, 1.54) is 32.9 Å². The lowest BCUT2D eigenvalue weighted by molar-refractivity contribution is -0.387. The first kappa shape index (κ1) is 17.1. The molecule has 9 heteroatoms. The van der Waals surface area contributed by atoms with Gasteiger partial charge in [-0.15, -0.1) is 0 Å². The van der Waals surface area contributed by atoms with Crippen molar-refractivity contribution in [2.45, 2.75) is 31.2 Å². The topological polar surface area (TPSA) is 118 Å². The van der Waals surface area contributed by atoms with Crippen LogP contribution in [0, 0.1) is 10.1 Å². The number of carbonyl (C=O) groups is 1. The van der Waals surface area contributed by atoms with E-state index in [-0.39, 0.29) is 0 Å². The molecule has 1 rings (SSSR count). The molecule has 0 spiro atoms. The summed E-state index contributed by atoms with van der Waals surface area (Å²) in [5.41, 5.74) is -1.63. The van der Waals surface area contributed by atoms with Gasteiger partial charge in [0.05, 0.1) is 4.92 Å². The van der Waals surface area contributed by atoms with Crippen molar-refractivity contribution in [1.29, 1.82) is 0 Å². The van der Waals surface area contributed by atoms with Crippen molar-refractivity contribution in [2.24, 2.45) is 0 Å². The minimum absolute atomic E-state index is 0.522. The third kappa shape index (κ3) is 3.76. The van der Waals surface area contributed by atoms with Gasteiger partial charge in [0.2, 0.25) is 0 Å². The molecular weight excluding hydrogens is 300 g/mol. The lowest BCUT2D eigenvalue weighted by Gasteiger charge is -2.32. The van der Waals surface area contributed by atoms with E-state index in [2.05, 4.69) is 0 Å². The number of para-hydroxylation sites is 1. The lowest BCUT2D eigenvalue weighted by atomic mass is 10.1. The second kappa shape index (κ2) is 5.78. The van der Waals surface area contributed by atoms with E-state index in [1.807, 2.05) is 0 Å². The molecule has 0 fully saturated rings. The van der Waals surface area contributed by atoms with E-state index in [1.54, 1.807) is 0 Å². The Morgan fingerprint density at radius 2 is 1.86 bits per heavy atom. The summed E-state index contributed by atoms with van der Waals surface area (Å²) in [7, 11) is -4.32. The summed E-state index contributed by atoms with van der Waals surface area (Å²) in [6.07, 6.45) is 0. The van der Waals surface area contributed by atoms with Gasteiger partial charge in [-0.05, 0) is 26.8 Å². The Labute approximate surface area is 122 Å². The first-order chi connectivity index (χ1) is 9.48. The minimum atomic E-state index is -4.32. The highest BCUT2D eigenvalue weighted by atomic mass is 32.2. The van der Waals surface area contributed by atoms with Gasteiger partial charge < -0.3 is 5.11 Å². The number of nitro groups is 1. The zero-order valence-electron chi connectivity index (χ0n) is 11.8. The monoisotopic (exact) mass is 316 g/mol. The molecule has 1 N–H and O–H groups in total. The van der Waals surface area contributed by atoms with Crippen LogP contribution in [0.1, 0.15) is 20.8 Å². The number of benzene rings is 1. The molecule has 0 heterocycles. The zero-order valence-corrected chi connectivity index (χ0v) is 12.6. The van der Waals surface area contributed by atoms with Gasteiger partial charge in [-0.25, -0.2) is 8.42 Å². The Hall–Kier alpha value is -2.00. The van der Waals surface area contributed by atoms with Gasteiger partial charge in [-0.2, -0.15) is 4.31 Å². The van der Waals surface area contributed by atoms with Crippen LogP contribution in [0.25, 0.3) is 0 Å². The molecule has 0 unspecified atom stereocenters. The van der Waals surface area contributed by atoms with Crippen LogP contribution >= 0.6 is 0 Å². The number of hydrogen-bond acceptors (Lipinski definition) is 5. The van der Waals surface area contributed by atoms with Crippen molar-refractivity contribution in [3.05, 3.63) is 34.4 Å². The Kier molecular flexibility index (Phi) is 4.69. The molecule has 0 atom stereocenters. The molecule has 1 aromatic rings. The van der Waals surface area contributed by atoms with Crippen LogP contribution in [0.5, 0.6) is 0 Å². The van der Waals surface area contributed by atoms with E-state index in [9.17, 15) is 23.3 Å². The molecule has 0 saturated carbocycles. The predicted octanol–water partition coefficient (Wildman–Crippen LogP) is 1.47. The fourth-order valence-corrected chi connectivity index (χ4v) is 3.65. The number of hydrogen-bond donors (Lipinski definition) is 1. The molecule has 0 aliphatic rings. The quantitative estimate of drug-likeness (QED) is 0.649. The Bertz CT molecular complexity index is 663. The molecule has 0 aliphatic carbocycles. The normalized spacial score (nSPS) is 12.4. The van der Waals surface area contributed by atoms with Crippen LogP contribution in [-0.2, 0) is 14.8 Å². The number of carboxylic acid groups (broad SMARTS) is 1. The van der Waals surface area contributed by atoms with Gasteiger partial charge in [0, 0.05) is 11.6 Å². The van der Waals surface area contributed by atoms with Gasteiger partial charge in [-0.1, -0.05) is 12.1 Å². The van der Waals surface area contributed by atoms with Gasteiger partial charge >= 0.3 is 5.97 Å². The van der Waals surface area contributed by atoms with E-state index in [0.29, 0.717) is 0 Å². The van der Waals surface area contributed by atoms with Crippen LogP contribution in [0.4, 0.5) is 5.69 Å². The Balaban J connectivity index is 3.50. The van der Waals surface area contributed by atoms with Gasteiger partial charge in [-0.3, -0.25) is 14.9 Å².